The molecule has 0 unspecified atom stereocenters. The van der Waals surface area contributed by atoms with Gasteiger partial charge in [-0.2, -0.15) is 0 Å². The maximum Gasteiger partial charge on any atom is 0.338 e. The van der Waals surface area contributed by atoms with E-state index < -0.39 is 6.10 Å². The summed E-state index contributed by atoms with van der Waals surface area (Å²) >= 11 is 0. The summed E-state index contributed by atoms with van der Waals surface area (Å²) in [6.45, 7) is 9.86. The molecule has 3 nitrogen and oxygen atoms in total. The molecule has 1 aromatic rings. The maximum absolute atomic E-state index is 11.9. The summed E-state index contributed by atoms with van der Waals surface area (Å²) in [5.41, 5.74) is 1.80. The molecular formula is C16H24O3. The fraction of sp³-hybridized carbons (Fsp3) is 0.562. The maximum atomic E-state index is 11.9. The highest BCUT2D eigenvalue weighted by atomic mass is 16.5. The van der Waals surface area contributed by atoms with E-state index in [1.54, 1.807) is 26.0 Å². The average Bonchev–Trinajstić information content (AvgIpc) is 2.26. The molecule has 0 saturated carbocycles. The van der Waals surface area contributed by atoms with Crippen molar-refractivity contribution in [2.45, 2.75) is 58.7 Å². The number of hydrogen-bond acceptors (Lipinski definition) is 3. The van der Waals surface area contributed by atoms with Gasteiger partial charge in [0.1, 0.15) is 6.10 Å². The minimum Gasteiger partial charge on any atom is -0.459 e. The van der Waals surface area contributed by atoms with Crippen LogP contribution in [0, 0.1) is 0 Å². The van der Waals surface area contributed by atoms with Crippen LogP contribution in [0.15, 0.2) is 24.3 Å². The summed E-state index contributed by atoms with van der Waals surface area (Å²) in [6, 6.07) is 7.49. The van der Waals surface area contributed by atoms with Crippen LogP contribution < -0.4 is 0 Å². The van der Waals surface area contributed by atoms with Crippen LogP contribution >= 0.6 is 0 Å². The second-order valence-electron chi connectivity index (χ2n) is 6.13. The first-order valence-electron chi connectivity index (χ1n) is 6.69. The van der Waals surface area contributed by atoms with Crippen LogP contribution in [0.1, 0.15) is 57.0 Å². The zero-order chi connectivity index (χ0) is 14.6. The molecule has 1 aromatic carbocycles. The molecule has 0 fully saturated rings. The second-order valence-corrected chi connectivity index (χ2v) is 6.13. The average molecular weight is 264 g/mol. The normalized spacial score (nSPS) is 14.8. The van der Waals surface area contributed by atoms with E-state index in [0.717, 1.165) is 0 Å². The van der Waals surface area contributed by atoms with E-state index in [-0.39, 0.29) is 17.5 Å². The number of carbonyl (C=O) groups is 1. The van der Waals surface area contributed by atoms with Crippen LogP contribution in [0.2, 0.25) is 0 Å². The van der Waals surface area contributed by atoms with E-state index in [1.165, 1.54) is 5.56 Å². The fourth-order valence-corrected chi connectivity index (χ4v) is 1.89. The van der Waals surface area contributed by atoms with E-state index in [0.29, 0.717) is 12.0 Å². The lowest BCUT2D eigenvalue weighted by molar-refractivity contribution is 0.0222. The highest BCUT2D eigenvalue weighted by molar-refractivity contribution is 5.89. The van der Waals surface area contributed by atoms with Crippen LogP contribution in [0.25, 0.3) is 0 Å². The lowest BCUT2D eigenvalue weighted by atomic mass is 9.87. The molecule has 0 bridgehead atoms. The summed E-state index contributed by atoms with van der Waals surface area (Å²) in [5, 5.41) is 9.24. The number of carbonyl (C=O) groups excluding carboxylic acids is 1. The number of esters is 1. The Labute approximate surface area is 115 Å². The van der Waals surface area contributed by atoms with Gasteiger partial charge in [0.2, 0.25) is 0 Å². The molecule has 0 spiro atoms. The highest BCUT2D eigenvalue weighted by Crippen LogP contribution is 2.22. The Hall–Kier alpha value is -1.35. The van der Waals surface area contributed by atoms with Crippen molar-refractivity contribution in [2.75, 3.05) is 0 Å². The van der Waals surface area contributed by atoms with E-state index in [2.05, 4.69) is 20.8 Å². The van der Waals surface area contributed by atoms with Gasteiger partial charge in [-0.05, 0) is 37.0 Å². The van der Waals surface area contributed by atoms with Gasteiger partial charge in [-0.15, -0.1) is 0 Å². The zero-order valence-electron chi connectivity index (χ0n) is 12.4. The molecule has 0 aliphatic carbocycles. The number of hydrogen-bond donors (Lipinski definition) is 1. The molecule has 0 aliphatic rings. The van der Waals surface area contributed by atoms with Gasteiger partial charge in [-0.25, -0.2) is 4.79 Å². The molecular weight excluding hydrogens is 240 g/mol. The summed E-state index contributed by atoms with van der Waals surface area (Å²) in [5.74, 6) is -0.339. The van der Waals surface area contributed by atoms with Crippen LogP contribution in [-0.4, -0.2) is 23.3 Å². The third-order valence-corrected chi connectivity index (χ3v) is 2.97. The van der Waals surface area contributed by atoms with E-state index in [9.17, 15) is 9.90 Å². The number of aliphatic hydroxyl groups is 1. The van der Waals surface area contributed by atoms with Gasteiger partial charge >= 0.3 is 5.97 Å². The molecule has 2 atom stereocenters. The van der Waals surface area contributed by atoms with Crippen LogP contribution in [0.5, 0.6) is 0 Å². The van der Waals surface area contributed by atoms with Gasteiger partial charge in [0.25, 0.3) is 0 Å². The lowest BCUT2D eigenvalue weighted by Crippen LogP contribution is -2.20. The smallest absolute Gasteiger partial charge is 0.338 e. The molecule has 0 amide bonds. The highest BCUT2D eigenvalue weighted by Gasteiger charge is 2.16. The number of ether oxygens (including phenoxy) is 1. The van der Waals surface area contributed by atoms with Gasteiger partial charge in [-0.3, -0.25) is 0 Å². The molecule has 0 aromatic heterocycles. The first-order chi connectivity index (χ1) is 8.70. The standard InChI is InChI=1S/C16H24O3/c1-11(17)10-12(2)19-15(18)13-6-8-14(9-7-13)16(3,4)5/h6-9,11-12,17H,10H2,1-5H3/t11-,12+/m0/s1. The SMILES string of the molecule is C[C@H](O)C[C@@H](C)OC(=O)c1ccc(C(C)(C)C)cc1. The number of rotatable bonds is 4. The van der Waals surface area contributed by atoms with Crippen molar-refractivity contribution >= 4 is 5.97 Å². The van der Waals surface area contributed by atoms with Crippen molar-refractivity contribution in [2.24, 2.45) is 0 Å². The van der Waals surface area contributed by atoms with Crippen LogP contribution in [-0.2, 0) is 10.2 Å². The molecule has 106 valence electrons. The van der Waals surface area contributed by atoms with E-state index >= 15 is 0 Å². The Morgan fingerprint density at radius 1 is 1.21 bits per heavy atom. The first-order valence-corrected chi connectivity index (χ1v) is 6.69. The van der Waals surface area contributed by atoms with Gasteiger partial charge in [0.05, 0.1) is 11.7 Å². The molecule has 1 rings (SSSR count). The number of benzene rings is 1. The van der Waals surface area contributed by atoms with Gasteiger partial charge in [-0.1, -0.05) is 32.9 Å². The Morgan fingerprint density at radius 2 is 1.74 bits per heavy atom. The van der Waals surface area contributed by atoms with Crippen molar-refractivity contribution < 1.29 is 14.6 Å². The summed E-state index contributed by atoms with van der Waals surface area (Å²) < 4.78 is 5.27. The Morgan fingerprint density at radius 3 is 2.16 bits per heavy atom. The minimum absolute atomic E-state index is 0.0715. The van der Waals surface area contributed by atoms with Crippen molar-refractivity contribution in [1.29, 1.82) is 0 Å². The van der Waals surface area contributed by atoms with Gasteiger partial charge in [0, 0.05) is 6.42 Å². The van der Waals surface area contributed by atoms with Crippen molar-refractivity contribution in [3.63, 3.8) is 0 Å². The Bertz CT molecular complexity index is 413. The molecule has 19 heavy (non-hydrogen) atoms. The fourth-order valence-electron chi connectivity index (χ4n) is 1.89. The molecule has 0 aliphatic heterocycles. The van der Waals surface area contributed by atoms with Crippen molar-refractivity contribution in [3.05, 3.63) is 35.4 Å². The third kappa shape index (κ3) is 5.03. The first kappa shape index (κ1) is 15.7. The number of aliphatic hydroxyl groups excluding tert-OH is 1. The molecule has 0 saturated heterocycles. The quantitative estimate of drug-likeness (QED) is 0.849. The summed E-state index contributed by atoms with van der Waals surface area (Å²) in [6.07, 6.45) is -0.299. The van der Waals surface area contributed by atoms with Crippen molar-refractivity contribution in [1.82, 2.24) is 0 Å². The van der Waals surface area contributed by atoms with E-state index in [4.69, 9.17) is 4.74 Å². The largest absolute Gasteiger partial charge is 0.459 e. The van der Waals surface area contributed by atoms with Crippen molar-refractivity contribution in [3.8, 4) is 0 Å². The lowest BCUT2D eigenvalue weighted by Gasteiger charge is -2.19. The monoisotopic (exact) mass is 264 g/mol. The minimum atomic E-state index is -0.467. The van der Waals surface area contributed by atoms with Crippen LogP contribution in [0.3, 0.4) is 0 Å². The Balaban J connectivity index is 2.68. The summed E-state index contributed by atoms with van der Waals surface area (Å²) in [7, 11) is 0. The predicted molar refractivity (Wildman–Crippen MR) is 76.3 cm³/mol. The zero-order valence-corrected chi connectivity index (χ0v) is 12.4. The Kier molecular flexibility index (Phi) is 5.12. The molecule has 3 heteroatoms. The topological polar surface area (TPSA) is 46.5 Å². The summed E-state index contributed by atoms with van der Waals surface area (Å²) in [4.78, 5) is 11.9. The van der Waals surface area contributed by atoms with E-state index in [1.807, 2.05) is 12.1 Å². The van der Waals surface area contributed by atoms with Gasteiger partial charge < -0.3 is 9.84 Å². The van der Waals surface area contributed by atoms with Crippen LogP contribution in [0.4, 0.5) is 0 Å². The molecule has 0 heterocycles. The molecule has 1 N–H and O–H groups in total. The molecule has 0 radical (unpaired) electrons. The predicted octanol–water partition coefficient (Wildman–Crippen LogP) is 3.30. The van der Waals surface area contributed by atoms with Gasteiger partial charge in [0.15, 0.2) is 0 Å². The second kappa shape index (κ2) is 6.20. The third-order valence-electron chi connectivity index (χ3n) is 2.97.